The minimum Gasteiger partial charge on any atom is -0.467 e. The minimum atomic E-state index is -4.19. The number of anilines is 2. The van der Waals surface area contributed by atoms with Crippen LogP contribution in [0.3, 0.4) is 0 Å². The Kier molecular flexibility index (Phi) is 6.23. The Labute approximate surface area is 157 Å². The molecule has 0 spiro atoms. The molecule has 152 valence electrons. The van der Waals surface area contributed by atoms with E-state index in [0.29, 0.717) is 31.5 Å². The number of rotatable bonds is 4. The fourth-order valence-corrected chi connectivity index (χ4v) is 3.62. The summed E-state index contributed by atoms with van der Waals surface area (Å²) in [5.74, 6) is 1.06. The molecule has 3 rings (SSSR count). The van der Waals surface area contributed by atoms with E-state index in [-0.39, 0.29) is 12.1 Å². The van der Waals surface area contributed by atoms with Crippen LogP contribution in [0, 0.1) is 0 Å². The van der Waals surface area contributed by atoms with Crippen molar-refractivity contribution in [3.05, 3.63) is 0 Å². The lowest BCUT2D eigenvalue weighted by atomic mass is 10.2. The largest absolute Gasteiger partial charge is 0.467 e. The molecular formula is C17H27F3N6O. The van der Waals surface area contributed by atoms with Crippen LogP contribution in [0.2, 0.25) is 0 Å². The van der Waals surface area contributed by atoms with E-state index in [2.05, 4.69) is 19.9 Å². The predicted octanol–water partition coefficient (Wildman–Crippen LogP) is 2.33. The lowest BCUT2D eigenvalue weighted by Crippen LogP contribution is -2.54. The lowest BCUT2D eigenvalue weighted by molar-refractivity contribution is -0.150. The smallest absolute Gasteiger partial charge is 0.401 e. The second-order valence-corrected chi connectivity index (χ2v) is 7.20. The van der Waals surface area contributed by atoms with Gasteiger partial charge in [-0.1, -0.05) is 12.8 Å². The van der Waals surface area contributed by atoms with Crippen molar-refractivity contribution >= 4 is 11.9 Å². The molecular weight excluding hydrogens is 361 g/mol. The fraction of sp³-hybridized carbons (Fsp3) is 0.824. The van der Waals surface area contributed by atoms with Gasteiger partial charge in [0.25, 0.3) is 0 Å². The molecule has 7 nitrogen and oxygen atoms in total. The van der Waals surface area contributed by atoms with Crippen molar-refractivity contribution in [3.8, 4) is 6.01 Å². The number of hydrogen-bond acceptors (Lipinski definition) is 7. The average molecular weight is 388 g/mol. The Morgan fingerprint density at radius 1 is 0.926 bits per heavy atom. The molecule has 0 amide bonds. The lowest BCUT2D eigenvalue weighted by Gasteiger charge is -2.40. The highest BCUT2D eigenvalue weighted by molar-refractivity contribution is 5.41. The van der Waals surface area contributed by atoms with Gasteiger partial charge in [-0.05, 0) is 19.8 Å². The first-order valence-electron chi connectivity index (χ1n) is 9.46. The third-order valence-corrected chi connectivity index (χ3v) is 5.09. The molecule has 2 aliphatic heterocycles. The van der Waals surface area contributed by atoms with E-state index in [1.165, 1.54) is 24.9 Å². The van der Waals surface area contributed by atoms with Crippen LogP contribution in [-0.2, 0) is 0 Å². The van der Waals surface area contributed by atoms with Gasteiger partial charge in [-0.3, -0.25) is 4.90 Å². The van der Waals surface area contributed by atoms with Gasteiger partial charge in [0, 0.05) is 38.8 Å². The molecule has 2 aliphatic rings. The summed E-state index contributed by atoms with van der Waals surface area (Å²) >= 11 is 0. The molecule has 1 aromatic heterocycles. The molecule has 0 aliphatic carbocycles. The first-order valence-corrected chi connectivity index (χ1v) is 9.46. The van der Waals surface area contributed by atoms with Crippen LogP contribution in [-0.4, -0.2) is 78.4 Å². The van der Waals surface area contributed by atoms with Crippen LogP contribution in [0.15, 0.2) is 0 Å². The van der Waals surface area contributed by atoms with Crippen LogP contribution in [0.1, 0.15) is 32.6 Å². The van der Waals surface area contributed by atoms with E-state index in [9.17, 15) is 13.2 Å². The van der Waals surface area contributed by atoms with Crippen molar-refractivity contribution in [1.82, 2.24) is 19.9 Å². The third kappa shape index (κ3) is 5.33. The molecule has 3 heterocycles. The standard InChI is InChI=1S/C17H27F3N6O/c1-13-11-25(9-10-26(13)12-17(18,19)20)15-21-14(22-16(23-15)27-2)24-7-5-3-4-6-8-24/h13H,3-12H2,1-2H3. The van der Waals surface area contributed by atoms with Crippen molar-refractivity contribution < 1.29 is 17.9 Å². The summed E-state index contributed by atoms with van der Waals surface area (Å²) in [4.78, 5) is 18.9. The minimum absolute atomic E-state index is 0.240. The molecule has 0 radical (unpaired) electrons. The van der Waals surface area contributed by atoms with Gasteiger partial charge < -0.3 is 14.5 Å². The zero-order valence-electron chi connectivity index (χ0n) is 15.9. The normalized spacial score (nSPS) is 22.6. The zero-order chi connectivity index (χ0) is 19.4. The van der Waals surface area contributed by atoms with Crippen LogP contribution in [0.25, 0.3) is 0 Å². The molecule has 0 saturated carbocycles. The maximum atomic E-state index is 12.7. The van der Waals surface area contributed by atoms with Crippen LogP contribution < -0.4 is 14.5 Å². The highest BCUT2D eigenvalue weighted by Crippen LogP contribution is 2.24. The molecule has 2 saturated heterocycles. The monoisotopic (exact) mass is 388 g/mol. The van der Waals surface area contributed by atoms with Crippen LogP contribution in [0.5, 0.6) is 6.01 Å². The summed E-state index contributed by atoms with van der Waals surface area (Å²) in [6, 6.07) is -0.00519. The SMILES string of the molecule is COc1nc(N2CCCCCC2)nc(N2CCN(CC(F)(F)F)C(C)C2)n1. The Morgan fingerprint density at radius 3 is 2.11 bits per heavy atom. The molecule has 10 heteroatoms. The second kappa shape index (κ2) is 8.45. The number of ether oxygens (including phenoxy) is 1. The summed E-state index contributed by atoms with van der Waals surface area (Å²) in [6.07, 6.45) is 0.397. The van der Waals surface area contributed by atoms with E-state index >= 15 is 0 Å². The number of nitrogens with zero attached hydrogens (tertiary/aromatic N) is 6. The molecule has 0 bridgehead atoms. The van der Waals surface area contributed by atoms with Gasteiger partial charge >= 0.3 is 12.2 Å². The quantitative estimate of drug-likeness (QED) is 0.785. The Bertz CT molecular complexity index is 621. The summed E-state index contributed by atoms with van der Waals surface area (Å²) in [5.41, 5.74) is 0. The first kappa shape index (κ1) is 19.9. The number of piperazine rings is 1. The van der Waals surface area contributed by atoms with Crippen LogP contribution >= 0.6 is 0 Å². The Morgan fingerprint density at radius 2 is 1.56 bits per heavy atom. The highest BCUT2D eigenvalue weighted by atomic mass is 19.4. The summed E-state index contributed by atoms with van der Waals surface area (Å²) in [5, 5.41) is 0. The number of alkyl halides is 3. The van der Waals surface area contributed by atoms with Gasteiger partial charge in [0.1, 0.15) is 0 Å². The summed E-state index contributed by atoms with van der Waals surface area (Å²) < 4.78 is 43.4. The summed E-state index contributed by atoms with van der Waals surface area (Å²) in [6.45, 7) is 3.88. The van der Waals surface area contributed by atoms with Crippen molar-refractivity contribution in [2.45, 2.75) is 44.8 Å². The Hall–Kier alpha value is -1.84. The van der Waals surface area contributed by atoms with E-state index < -0.39 is 12.7 Å². The van der Waals surface area contributed by atoms with Gasteiger partial charge in [0.05, 0.1) is 13.7 Å². The second-order valence-electron chi connectivity index (χ2n) is 7.20. The molecule has 1 unspecified atom stereocenters. The van der Waals surface area contributed by atoms with Crippen LogP contribution in [0.4, 0.5) is 25.1 Å². The predicted molar refractivity (Wildman–Crippen MR) is 96.4 cm³/mol. The van der Waals surface area contributed by atoms with E-state index in [0.717, 1.165) is 25.9 Å². The number of methoxy groups -OCH3 is 1. The maximum Gasteiger partial charge on any atom is 0.401 e. The fourth-order valence-electron chi connectivity index (χ4n) is 3.62. The Balaban J connectivity index is 1.75. The topological polar surface area (TPSA) is 57.6 Å². The summed E-state index contributed by atoms with van der Waals surface area (Å²) in [7, 11) is 1.51. The van der Waals surface area contributed by atoms with E-state index in [1.807, 2.05) is 4.90 Å². The van der Waals surface area contributed by atoms with Crippen molar-refractivity contribution in [2.75, 3.05) is 56.2 Å². The molecule has 1 atom stereocenters. The molecule has 0 N–H and O–H groups in total. The van der Waals surface area contributed by atoms with E-state index in [1.54, 1.807) is 6.92 Å². The molecule has 1 aromatic rings. The molecule has 0 aromatic carbocycles. The number of halogens is 3. The zero-order valence-corrected chi connectivity index (χ0v) is 15.9. The van der Waals surface area contributed by atoms with Gasteiger partial charge in [-0.15, -0.1) is 0 Å². The van der Waals surface area contributed by atoms with Gasteiger partial charge in [0.2, 0.25) is 11.9 Å². The van der Waals surface area contributed by atoms with Gasteiger partial charge in [0.15, 0.2) is 0 Å². The van der Waals surface area contributed by atoms with Gasteiger partial charge in [-0.25, -0.2) is 0 Å². The van der Waals surface area contributed by atoms with Crippen molar-refractivity contribution in [1.29, 1.82) is 0 Å². The number of aromatic nitrogens is 3. The molecule has 27 heavy (non-hydrogen) atoms. The van der Waals surface area contributed by atoms with Crippen molar-refractivity contribution in [2.24, 2.45) is 0 Å². The van der Waals surface area contributed by atoms with E-state index in [4.69, 9.17) is 4.74 Å². The third-order valence-electron chi connectivity index (χ3n) is 5.09. The van der Waals surface area contributed by atoms with Crippen molar-refractivity contribution in [3.63, 3.8) is 0 Å². The number of hydrogen-bond donors (Lipinski definition) is 0. The first-order chi connectivity index (χ1) is 12.9. The average Bonchev–Trinajstić information content (AvgIpc) is 2.91. The van der Waals surface area contributed by atoms with Gasteiger partial charge in [-0.2, -0.15) is 28.1 Å². The molecule has 2 fully saturated rings. The maximum absolute atomic E-state index is 12.7. The highest BCUT2D eigenvalue weighted by Gasteiger charge is 2.35.